The fraction of sp³-hybridized carbons (Fsp3) is 0.938. The number of nitrogens with two attached hydrogens (primary N) is 1. The molecule has 1 heterocycles. The number of piperidine rings is 1. The number of nitrogens with zero attached hydrogens (tertiary/aromatic N) is 1. The first-order valence-electron chi connectivity index (χ1n) is 8.25. The third-order valence-electron chi connectivity index (χ3n) is 4.68. The topological polar surface area (TPSA) is 58.4 Å². The summed E-state index contributed by atoms with van der Waals surface area (Å²) in [4.78, 5) is 14.4. The van der Waals surface area contributed by atoms with E-state index in [0.717, 1.165) is 19.5 Å². The van der Waals surface area contributed by atoms with Crippen molar-refractivity contribution in [3.8, 4) is 0 Å². The SMILES string of the molecule is CCCC1CCCCN1C(C)CC(C)(NCC)C(N)=O. The molecular formula is C16H33N3O. The average Bonchev–Trinajstić information content (AvgIpc) is 2.39. The van der Waals surface area contributed by atoms with Crippen molar-refractivity contribution in [1.82, 2.24) is 10.2 Å². The van der Waals surface area contributed by atoms with E-state index < -0.39 is 5.54 Å². The number of hydrogen-bond acceptors (Lipinski definition) is 3. The van der Waals surface area contributed by atoms with E-state index >= 15 is 0 Å². The summed E-state index contributed by atoms with van der Waals surface area (Å²) in [6.45, 7) is 10.4. The second-order valence-electron chi connectivity index (χ2n) is 6.46. The van der Waals surface area contributed by atoms with Gasteiger partial charge in [-0.2, -0.15) is 0 Å². The maximum atomic E-state index is 11.8. The van der Waals surface area contributed by atoms with Crippen LogP contribution in [0.2, 0.25) is 0 Å². The molecule has 1 saturated heterocycles. The van der Waals surface area contributed by atoms with Gasteiger partial charge in [-0.3, -0.25) is 9.69 Å². The third-order valence-corrected chi connectivity index (χ3v) is 4.68. The molecule has 0 aromatic heterocycles. The van der Waals surface area contributed by atoms with Gasteiger partial charge in [0.25, 0.3) is 0 Å². The van der Waals surface area contributed by atoms with Crippen LogP contribution in [0.4, 0.5) is 0 Å². The predicted octanol–water partition coefficient (Wildman–Crippen LogP) is 2.27. The van der Waals surface area contributed by atoms with Gasteiger partial charge in [0.1, 0.15) is 0 Å². The van der Waals surface area contributed by atoms with E-state index in [9.17, 15) is 4.79 Å². The minimum Gasteiger partial charge on any atom is -0.368 e. The molecule has 3 N–H and O–H groups in total. The van der Waals surface area contributed by atoms with E-state index in [-0.39, 0.29) is 5.91 Å². The third kappa shape index (κ3) is 4.45. The summed E-state index contributed by atoms with van der Waals surface area (Å²) < 4.78 is 0. The van der Waals surface area contributed by atoms with Gasteiger partial charge in [-0.1, -0.05) is 26.7 Å². The lowest BCUT2D eigenvalue weighted by Gasteiger charge is -2.42. The molecule has 0 aliphatic carbocycles. The molecule has 4 heteroatoms. The van der Waals surface area contributed by atoms with Crippen molar-refractivity contribution >= 4 is 5.91 Å². The second-order valence-corrected chi connectivity index (χ2v) is 6.46. The molecule has 20 heavy (non-hydrogen) atoms. The fourth-order valence-corrected chi connectivity index (χ4v) is 3.60. The minimum absolute atomic E-state index is 0.241. The Morgan fingerprint density at radius 1 is 1.45 bits per heavy atom. The molecule has 0 radical (unpaired) electrons. The lowest BCUT2D eigenvalue weighted by Crippen LogP contribution is -2.57. The molecule has 1 aliphatic rings. The lowest BCUT2D eigenvalue weighted by molar-refractivity contribution is -0.124. The first-order valence-corrected chi connectivity index (χ1v) is 8.25. The van der Waals surface area contributed by atoms with Gasteiger partial charge in [0.15, 0.2) is 0 Å². The van der Waals surface area contributed by atoms with Gasteiger partial charge in [-0.15, -0.1) is 0 Å². The Balaban J connectivity index is 2.70. The maximum Gasteiger partial charge on any atom is 0.237 e. The summed E-state index contributed by atoms with van der Waals surface area (Å²) in [7, 11) is 0. The Bertz CT molecular complexity index is 306. The molecule has 118 valence electrons. The van der Waals surface area contributed by atoms with Crippen LogP contribution in [-0.4, -0.2) is 41.5 Å². The first-order chi connectivity index (χ1) is 9.44. The number of likely N-dealkylation sites (N-methyl/N-ethyl adjacent to an activating group) is 1. The van der Waals surface area contributed by atoms with E-state index in [2.05, 4.69) is 24.1 Å². The van der Waals surface area contributed by atoms with Crippen LogP contribution in [0.5, 0.6) is 0 Å². The summed E-state index contributed by atoms with van der Waals surface area (Å²) >= 11 is 0. The number of carbonyl (C=O) groups excluding carboxylic acids is 1. The quantitative estimate of drug-likeness (QED) is 0.718. The van der Waals surface area contributed by atoms with Crippen LogP contribution in [0.15, 0.2) is 0 Å². The molecule has 3 unspecified atom stereocenters. The lowest BCUT2D eigenvalue weighted by atomic mass is 9.89. The van der Waals surface area contributed by atoms with Gasteiger partial charge in [0.05, 0.1) is 5.54 Å². The molecule has 1 aliphatic heterocycles. The highest BCUT2D eigenvalue weighted by Gasteiger charge is 2.35. The van der Waals surface area contributed by atoms with Crippen LogP contribution >= 0.6 is 0 Å². The Hall–Kier alpha value is -0.610. The van der Waals surface area contributed by atoms with Gasteiger partial charge in [0.2, 0.25) is 5.91 Å². The molecule has 0 bridgehead atoms. The van der Waals surface area contributed by atoms with Gasteiger partial charge < -0.3 is 11.1 Å². The highest BCUT2D eigenvalue weighted by atomic mass is 16.1. The first kappa shape index (κ1) is 17.4. The minimum atomic E-state index is -0.595. The zero-order valence-electron chi connectivity index (χ0n) is 13.7. The highest BCUT2D eigenvalue weighted by Crippen LogP contribution is 2.26. The van der Waals surface area contributed by atoms with Crippen LogP contribution in [0.1, 0.15) is 66.2 Å². The van der Waals surface area contributed by atoms with E-state index in [1.165, 1.54) is 32.1 Å². The number of primary amides is 1. The van der Waals surface area contributed by atoms with Gasteiger partial charge in [-0.05, 0) is 52.6 Å². The smallest absolute Gasteiger partial charge is 0.237 e. The highest BCUT2D eigenvalue weighted by molar-refractivity contribution is 5.84. The summed E-state index contributed by atoms with van der Waals surface area (Å²) in [5.41, 5.74) is 5.01. The Kier molecular flexibility index (Phi) is 6.96. The molecule has 1 fully saturated rings. The summed E-state index contributed by atoms with van der Waals surface area (Å²) in [5, 5.41) is 3.27. The van der Waals surface area contributed by atoms with Crippen LogP contribution in [-0.2, 0) is 4.79 Å². The molecule has 3 atom stereocenters. The van der Waals surface area contributed by atoms with Crippen molar-refractivity contribution in [1.29, 1.82) is 0 Å². The average molecular weight is 283 g/mol. The van der Waals surface area contributed by atoms with Crippen molar-refractivity contribution in [2.45, 2.75) is 83.8 Å². The van der Waals surface area contributed by atoms with Crippen molar-refractivity contribution in [3.05, 3.63) is 0 Å². The zero-order valence-corrected chi connectivity index (χ0v) is 13.7. The summed E-state index contributed by atoms with van der Waals surface area (Å²) in [6.07, 6.45) is 7.20. The van der Waals surface area contributed by atoms with Crippen molar-refractivity contribution in [2.24, 2.45) is 5.73 Å². The molecule has 1 amide bonds. The number of amides is 1. The molecule has 0 spiro atoms. The summed E-state index contributed by atoms with van der Waals surface area (Å²) in [6, 6.07) is 1.07. The largest absolute Gasteiger partial charge is 0.368 e. The normalized spacial score (nSPS) is 25.1. The maximum absolute atomic E-state index is 11.8. The molecule has 0 aromatic carbocycles. The number of rotatable bonds is 8. The molecule has 1 rings (SSSR count). The van der Waals surface area contributed by atoms with Crippen LogP contribution in [0.3, 0.4) is 0 Å². The van der Waals surface area contributed by atoms with Crippen LogP contribution in [0.25, 0.3) is 0 Å². The molecule has 0 saturated carbocycles. The fourth-order valence-electron chi connectivity index (χ4n) is 3.60. The second kappa shape index (κ2) is 7.99. The number of likely N-dealkylation sites (tertiary alicyclic amines) is 1. The number of hydrogen-bond donors (Lipinski definition) is 2. The summed E-state index contributed by atoms with van der Waals surface area (Å²) in [5.74, 6) is -0.241. The van der Waals surface area contributed by atoms with Crippen LogP contribution in [0, 0.1) is 0 Å². The van der Waals surface area contributed by atoms with E-state index in [1.54, 1.807) is 0 Å². The van der Waals surface area contributed by atoms with E-state index in [4.69, 9.17) is 5.73 Å². The predicted molar refractivity (Wildman–Crippen MR) is 84.6 cm³/mol. The Morgan fingerprint density at radius 2 is 2.15 bits per heavy atom. The van der Waals surface area contributed by atoms with E-state index in [0.29, 0.717) is 12.1 Å². The van der Waals surface area contributed by atoms with E-state index in [1.807, 2.05) is 13.8 Å². The molecule has 4 nitrogen and oxygen atoms in total. The van der Waals surface area contributed by atoms with Crippen LogP contribution < -0.4 is 11.1 Å². The number of nitrogens with one attached hydrogen (secondary N) is 1. The molecule has 0 aromatic rings. The Morgan fingerprint density at radius 3 is 2.70 bits per heavy atom. The Labute approximate surface area is 124 Å². The van der Waals surface area contributed by atoms with Gasteiger partial charge in [-0.25, -0.2) is 0 Å². The number of carbonyl (C=O) groups is 1. The van der Waals surface area contributed by atoms with Crippen molar-refractivity contribution < 1.29 is 4.79 Å². The van der Waals surface area contributed by atoms with Gasteiger partial charge >= 0.3 is 0 Å². The monoisotopic (exact) mass is 283 g/mol. The van der Waals surface area contributed by atoms with Gasteiger partial charge in [0, 0.05) is 12.1 Å². The molecular weight excluding hydrogens is 250 g/mol. The zero-order chi connectivity index (χ0) is 15.2. The van der Waals surface area contributed by atoms with Crippen molar-refractivity contribution in [2.75, 3.05) is 13.1 Å². The van der Waals surface area contributed by atoms with Crippen molar-refractivity contribution in [3.63, 3.8) is 0 Å². The standard InChI is InChI=1S/C16H33N3O/c1-5-9-14-10-7-8-11-19(14)13(3)12-16(4,15(17)20)18-6-2/h13-14,18H,5-12H2,1-4H3,(H2,17,20).